The Hall–Kier alpha value is -0.880. The molecule has 0 saturated heterocycles. The van der Waals surface area contributed by atoms with E-state index in [2.05, 4.69) is 0 Å². The maximum atomic E-state index is 12.1. The zero-order valence-electron chi connectivity index (χ0n) is 10.2. The molecule has 1 rings (SSSR count). The van der Waals surface area contributed by atoms with E-state index in [1.54, 1.807) is 12.1 Å². The van der Waals surface area contributed by atoms with E-state index in [1.165, 1.54) is 30.8 Å². The summed E-state index contributed by atoms with van der Waals surface area (Å²) in [6.45, 7) is 1.52. The number of carbonyl (C=O) groups excluding carboxylic acids is 1. The molecule has 0 aliphatic carbocycles. The molecule has 0 fully saturated rings. The van der Waals surface area contributed by atoms with Gasteiger partial charge in [0.1, 0.15) is 0 Å². The average Bonchev–Trinajstić information content (AvgIpc) is 2.28. The maximum Gasteiger partial charge on any atom is 0.446 e. The van der Waals surface area contributed by atoms with Crippen molar-refractivity contribution in [2.45, 2.75) is 23.7 Å². The summed E-state index contributed by atoms with van der Waals surface area (Å²) in [4.78, 5) is 10.9. The van der Waals surface area contributed by atoms with Crippen molar-refractivity contribution in [1.82, 2.24) is 0 Å². The van der Waals surface area contributed by atoms with Gasteiger partial charge in [0, 0.05) is 17.6 Å². The minimum atomic E-state index is -4.25. The third kappa shape index (κ3) is 8.00. The highest BCUT2D eigenvalue weighted by atomic mass is 32.2. The molecule has 0 radical (unpaired) electrons. The van der Waals surface area contributed by atoms with Gasteiger partial charge in [-0.15, -0.1) is 0 Å². The number of hydrogen-bond acceptors (Lipinski definition) is 3. The number of alkyl halides is 3. The summed E-state index contributed by atoms with van der Waals surface area (Å²) in [5, 5.41) is 0.0851. The van der Waals surface area contributed by atoms with E-state index in [1.807, 2.05) is 12.2 Å². The summed E-state index contributed by atoms with van der Waals surface area (Å²) in [5.74, 6) is 0.716. The van der Waals surface area contributed by atoms with E-state index >= 15 is 0 Å². The van der Waals surface area contributed by atoms with Gasteiger partial charge in [-0.05, 0) is 35.9 Å². The monoisotopic (exact) mass is 306 g/mol. The number of allylic oxidation sites excluding steroid dienone is 1. The molecule has 0 amide bonds. The fourth-order valence-corrected chi connectivity index (χ4v) is 2.35. The molecule has 1 nitrogen and oxygen atoms in total. The van der Waals surface area contributed by atoms with Crippen LogP contribution in [0.2, 0.25) is 0 Å². The molecule has 0 saturated carbocycles. The van der Waals surface area contributed by atoms with E-state index in [0.29, 0.717) is 5.75 Å². The first-order chi connectivity index (χ1) is 8.87. The quantitative estimate of drug-likeness (QED) is 0.564. The summed E-state index contributed by atoms with van der Waals surface area (Å²) in [6, 6.07) is 6.18. The summed E-state index contributed by atoms with van der Waals surface area (Å²) >= 11 is 1.14. The number of hydrogen-bond donors (Lipinski definition) is 0. The third-order valence-corrected chi connectivity index (χ3v) is 3.60. The summed E-state index contributed by atoms with van der Waals surface area (Å²) in [7, 11) is 0. The van der Waals surface area contributed by atoms with Gasteiger partial charge in [0.15, 0.2) is 5.12 Å². The fourth-order valence-electron chi connectivity index (χ4n) is 1.27. The van der Waals surface area contributed by atoms with Crippen LogP contribution in [0, 0.1) is 0 Å². The van der Waals surface area contributed by atoms with Crippen LogP contribution in [0.25, 0.3) is 6.08 Å². The predicted octanol–water partition coefficient (Wildman–Crippen LogP) is 4.98. The van der Waals surface area contributed by atoms with E-state index in [4.69, 9.17) is 0 Å². The summed E-state index contributed by atoms with van der Waals surface area (Å²) in [6.07, 6.45) is 4.49. The van der Waals surface area contributed by atoms with Gasteiger partial charge in [0.05, 0.1) is 0 Å². The highest BCUT2D eigenvalue weighted by Crippen LogP contribution is 2.36. The van der Waals surface area contributed by atoms with E-state index < -0.39 is 5.51 Å². The molecule has 0 aliphatic heterocycles. The molecule has 1 aromatic carbocycles. The molecule has 6 heteroatoms. The topological polar surface area (TPSA) is 17.1 Å². The molecule has 0 spiro atoms. The van der Waals surface area contributed by atoms with Gasteiger partial charge in [-0.3, -0.25) is 4.79 Å². The third-order valence-electron chi connectivity index (χ3n) is 2.01. The second kappa shape index (κ2) is 7.65. The Balaban J connectivity index is 2.43. The lowest BCUT2D eigenvalue weighted by atomic mass is 10.2. The Morgan fingerprint density at radius 3 is 2.42 bits per heavy atom. The standard InChI is InChI=1S/C13H13F3OS2/c1-10(17)18-9-3-2-4-11-5-7-12(8-6-11)19-13(14,15)16/h2,4-8H,3,9H2,1H3. The fraction of sp³-hybridized carbons (Fsp3) is 0.308. The Morgan fingerprint density at radius 1 is 1.26 bits per heavy atom. The number of thioether (sulfide) groups is 2. The van der Waals surface area contributed by atoms with Crippen LogP contribution in [-0.2, 0) is 4.79 Å². The largest absolute Gasteiger partial charge is 0.446 e. The number of benzene rings is 1. The second-order valence-electron chi connectivity index (χ2n) is 3.65. The van der Waals surface area contributed by atoms with Gasteiger partial charge in [0.2, 0.25) is 0 Å². The van der Waals surface area contributed by atoms with Crippen molar-refractivity contribution in [3.63, 3.8) is 0 Å². The van der Waals surface area contributed by atoms with Crippen LogP contribution in [0.4, 0.5) is 13.2 Å². The summed E-state index contributed by atoms with van der Waals surface area (Å²) in [5.41, 5.74) is -3.40. The minimum absolute atomic E-state index is 0.0851. The van der Waals surface area contributed by atoms with Crippen molar-refractivity contribution in [1.29, 1.82) is 0 Å². The van der Waals surface area contributed by atoms with Crippen molar-refractivity contribution in [3.8, 4) is 0 Å². The molecule has 0 unspecified atom stereocenters. The zero-order chi connectivity index (χ0) is 14.3. The molecule has 0 bridgehead atoms. The Labute approximate surface area is 118 Å². The number of halogens is 3. The van der Waals surface area contributed by atoms with E-state index in [-0.39, 0.29) is 21.8 Å². The van der Waals surface area contributed by atoms with Crippen LogP contribution >= 0.6 is 23.5 Å². The Kier molecular flexibility index (Phi) is 6.51. The second-order valence-corrected chi connectivity index (χ2v) is 6.06. The smallest absolute Gasteiger partial charge is 0.288 e. The molecule has 1 aromatic rings. The summed E-state index contributed by atoms with van der Waals surface area (Å²) < 4.78 is 36.3. The van der Waals surface area contributed by atoms with Gasteiger partial charge in [0.25, 0.3) is 0 Å². The zero-order valence-corrected chi connectivity index (χ0v) is 11.9. The van der Waals surface area contributed by atoms with Crippen molar-refractivity contribution >= 4 is 34.7 Å². The van der Waals surface area contributed by atoms with Crippen LogP contribution in [-0.4, -0.2) is 16.4 Å². The molecular formula is C13H13F3OS2. The molecule has 0 atom stereocenters. The van der Waals surface area contributed by atoms with Crippen LogP contribution in [0.15, 0.2) is 35.2 Å². The maximum absolute atomic E-state index is 12.1. The van der Waals surface area contributed by atoms with E-state index in [9.17, 15) is 18.0 Å². The highest BCUT2D eigenvalue weighted by molar-refractivity contribution is 8.13. The van der Waals surface area contributed by atoms with Gasteiger partial charge in [-0.2, -0.15) is 13.2 Å². The average molecular weight is 306 g/mol. The van der Waals surface area contributed by atoms with Gasteiger partial charge >= 0.3 is 5.51 Å². The Morgan fingerprint density at radius 2 is 1.89 bits per heavy atom. The first kappa shape index (κ1) is 16.2. The number of carbonyl (C=O) groups is 1. The van der Waals surface area contributed by atoms with Crippen LogP contribution in [0.1, 0.15) is 18.9 Å². The highest BCUT2D eigenvalue weighted by Gasteiger charge is 2.28. The SMILES string of the molecule is CC(=O)SCCC=Cc1ccc(SC(F)(F)F)cc1. The molecule has 0 heterocycles. The molecular weight excluding hydrogens is 293 g/mol. The predicted molar refractivity (Wildman–Crippen MR) is 75.1 cm³/mol. The molecule has 0 aromatic heterocycles. The van der Waals surface area contributed by atoms with Gasteiger partial charge < -0.3 is 0 Å². The van der Waals surface area contributed by atoms with E-state index in [0.717, 1.165) is 12.0 Å². The lowest BCUT2D eigenvalue weighted by molar-refractivity contribution is -0.109. The van der Waals surface area contributed by atoms with Crippen LogP contribution in [0.5, 0.6) is 0 Å². The van der Waals surface area contributed by atoms with Gasteiger partial charge in [-0.1, -0.05) is 36.0 Å². The van der Waals surface area contributed by atoms with Crippen LogP contribution in [0.3, 0.4) is 0 Å². The number of rotatable bonds is 5. The minimum Gasteiger partial charge on any atom is -0.288 e. The first-order valence-corrected chi connectivity index (χ1v) is 7.33. The van der Waals surface area contributed by atoms with Gasteiger partial charge in [-0.25, -0.2) is 0 Å². The van der Waals surface area contributed by atoms with Crippen molar-refractivity contribution in [2.75, 3.05) is 5.75 Å². The molecule has 0 aliphatic rings. The normalized spacial score (nSPS) is 12.0. The van der Waals surface area contributed by atoms with Crippen molar-refractivity contribution < 1.29 is 18.0 Å². The molecule has 0 N–H and O–H groups in total. The van der Waals surface area contributed by atoms with Crippen LogP contribution < -0.4 is 0 Å². The Bertz CT molecular complexity index is 438. The molecule has 104 valence electrons. The molecule has 19 heavy (non-hydrogen) atoms. The van der Waals surface area contributed by atoms with Crippen molar-refractivity contribution in [2.24, 2.45) is 0 Å². The van der Waals surface area contributed by atoms with Crippen molar-refractivity contribution in [3.05, 3.63) is 35.9 Å². The lowest BCUT2D eigenvalue weighted by Gasteiger charge is -2.05. The first-order valence-electron chi connectivity index (χ1n) is 5.52. The lowest BCUT2D eigenvalue weighted by Crippen LogP contribution is -1.98.